The summed E-state index contributed by atoms with van der Waals surface area (Å²) in [4.78, 5) is 28.0. The highest BCUT2D eigenvalue weighted by molar-refractivity contribution is 6.03. The van der Waals surface area contributed by atoms with E-state index in [0.29, 0.717) is 22.5 Å². The number of benzene rings is 1. The van der Waals surface area contributed by atoms with Crippen LogP contribution >= 0.6 is 0 Å². The maximum Gasteiger partial charge on any atom is 0.339 e. The minimum absolute atomic E-state index is 0.0381. The second-order valence-corrected chi connectivity index (χ2v) is 7.01. The number of fused-ring (bicyclic) bond motifs is 1. The third kappa shape index (κ3) is 3.31. The fraction of sp³-hybridized carbons (Fsp3) is 0.429. The van der Waals surface area contributed by atoms with Crippen LogP contribution in [0.4, 0.5) is 0 Å². The number of esters is 1. The molecule has 0 unspecified atom stereocenters. The van der Waals surface area contributed by atoms with Crippen LogP contribution in [-0.4, -0.2) is 29.9 Å². The number of Topliss-reactive ketones (excluding diaryl/α,β-unsaturated/α-hetero) is 1. The van der Waals surface area contributed by atoms with Gasteiger partial charge in [0.2, 0.25) is 0 Å². The van der Waals surface area contributed by atoms with Gasteiger partial charge in [0.25, 0.3) is 0 Å². The first-order chi connectivity index (χ1) is 12.4. The van der Waals surface area contributed by atoms with E-state index in [2.05, 4.69) is 28.5 Å². The number of aromatic amines is 1. The topological polar surface area (TPSA) is 71.2 Å². The van der Waals surface area contributed by atoms with E-state index < -0.39 is 5.97 Å². The molecule has 1 aliphatic carbocycles. The van der Waals surface area contributed by atoms with Gasteiger partial charge in [0.1, 0.15) is 0 Å². The Morgan fingerprint density at radius 1 is 1.27 bits per heavy atom. The first-order valence-corrected chi connectivity index (χ1v) is 9.09. The summed E-state index contributed by atoms with van der Waals surface area (Å²) in [5, 5.41) is 3.49. The molecule has 138 valence electrons. The molecule has 3 rings (SSSR count). The first-order valence-electron chi connectivity index (χ1n) is 9.09. The van der Waals surface area contributed by atoms with Gasteiger partial charge < -0.3 is 15.0 Å². The third-order valence-corrected chi connectivity index (χ3v) is 5.29. The summed E-state index contributed by atoms with van der Waals surface area (Å²) in [6, 6.07) is 8.24. The SMILES string of the molecule is COC(=O)c1c(C)[nH]c(C(=O)[C@H](C)N[C@@H]2CCCc3ccccc32)c1C. The van der Waals surface area contributed by atoms with Crippen molar-refractivity contribution in [2.75, 3.05) is 7.11 Å². The van der Waals surface area contributed by atoms with Gasteiger partial charge in [-0.25, -0.2) is 4.79 Å². The van der Waals surface area contributed by atoms with E-state index in [-0.39, 0.29) is 17.9 Å². The van der Waals surface area contributed by atoms with Crippen molar-refractivity contribution in [3.8, 4) is 0 Å². The number of carbonyl (C=O) groups is 2. The summed E-state index contributed by atoms with van der Waals surface area (Å²) in [5.74, 6) is -0.457. The average molecular weight is 354 g/mol. The molecule has 0 amide bonds. The highest BCUT2D eigenvalue weighted by atomic mass is 16.5. The zero-order chi connectivity index (χ0) is 18.8. The Labute approximate surface area is 154 Å². The van der Waals surface area contributed by atoms with Crippen LogP contribution in [0, 0.1) is 13.8 Å². The fourth-order valence-corrected chi connectivity index (χ4v) is 3.93. The molecule has 26 heavy (non-hydrogen) atoms. The Balaban J connectivity index is 1.81. The maximum absolute atomic E-state index is 13.0. The second kappa shape index (κ2) is 7.46. The summed E-state index contributed by atoms with van der Waals surface area (Å²) in [6.45, 7) is 5.45. The van der Waals surface area contributed by atoms with Gasteiger partial charge in [-0.15, -0.1) is 0 Å². The third-order valence-electron chi connectivity index (χ3n) is 5.29. The van der Waals surface area contributed by atoms with Gasteiger partial charge in [-0.1, -0.05) is 24.3 Å². The summed E-state index contributed by atoms with van der Waals surface area (Å²) < 4.78 is 4.83. The van der Waals surface area contributed by atoms with Crippen LogP contribution in [-0.2, 0) is 11.2 Å². The molecule has 0 radical (unpaired) electrons. The van der Waals surface area contributed by atoms with Gasteiger partial charge >= 0.3 is 5.97 Å². The minimum atomic E-state index is -0.419. The largest absolute Gasteiger partial charge is 0.465 e. The first kappa shape index (κ1) is 18.4. The van der Waals surface area contributed by atoms with Gasteiger partial charge in [0, 0.05) is 11.7 Å². The predicted molar refractivity (Wildman–Crippen MR) is 101 cm³/mol. The normalized spacial score (nSPS) is 17.5. The summed E-state index contributed by atoms with van der Waals surface area (Å²) in [7, 11) is 1.35. The molecular formula is C21H26N2O3. The molecule has 1 aromatic heterocycles. The van der Waals surface area contributed by atoms with E-state index in [9.17, 15) is 9.59 Å². The lowest BCUT2D eigenvalue weighted by molar-refractivity contribution is 0.0599. The summed E-state index contributed by atoms with van der Waals surface area (Å²) in [5.41, 5.74) is 4.88. The van der Waals surface area contributed by atoms with Crippen molar-refractivity contribution in [3.63, 3.8) is 0 Å². The van der Waals surface area contributed by atoms with Crippen LogP contribution in [0.15, 0.2) is 24.3 Å². The Bertz CT molecular complexity index is 838. The molecule has 5 nitrogen and oxygen atoms in total. The Morgan fingerprint density at radius 2 is 2.00 bits per heavy atom. The van der Waals surface area contributed by atoms with Crippen LogP contribution in [0.1, 0.15) is 69.0 Å². The van der Waals surface area contributed by atoms with Crippen molar-refractivity contribution in [3.05, 3.63) is 57.9 Å². The number of ketones is 1. The number of hydrogen-bond acceptors (Lipinski definition) is 4. The minimum Gasteiger partial charge on any atom is -0.465 e. The second-order valence-electron chi connectivity index (χ2n) is 7.01. The number of rotatable bonds is 5. The lowest BCUT2D eigenvalue weighted by atomic mass is 9.87. The highest BCUT2D eigenvalue weighted by Gasteiger charge is 2.28. The maximum atomic E-state index is 13.0. The molecule has 2 aromatic rings. The van der Waals surface area contributed by atoms with Crippen molar-refractivity contribution >= 4 is 11.8 Å². The van der Waals surface area contributed by atoms with Crippen molar-refractivity contribution < 1.29 is 14.3 Å². The fourth-order valence-electron chi connectivity index (χ4n) is 3.93. The van der Waals surface area contributed by atoms with Crippen molar-refractivity contribution in [2.24, 2.45) is 0 Å². The number of aromatic nitrogens is 1. The van der Waals surface area contributed by atoms with Crippen molar-refractivity contribution in [1.29, 1.82) is 0 Å². The molecule has 0 spiro atoms. The number of aryl methyl sites for hydroxylation is 2. The number of ether oxygens (including phenoxy) is 1. The number of hydrogen-bond donors (Lipinski definition) is 2. The Hall–Kier alpha value is -2.40. The number of methoxy groups -OCH3 is 1. The molecule has 0 bridgehead atoms. The molecule has 5 heteroatoms. The van der Waals surface area contributed by atoms with Crippen LogP contribution in [0.2, 0.25) is 0 Å². The molecule has 2 N–H and O–H groups in total. The molecule has 1 aromatic carbocycles. The molecule has 1 aliphatic rings. The Kier molecular flexibility index (Phi) is 5.28. The van der Waals surface area contributed by atoms with Crippen LogP contribution in [0.3, 0.4) is 0 Å². The van der Waals surface area contributed by atoms with Crippen molar-refractivity contribution in [1.82, 2.24) is 10.3 Å². The number of carbonyl (C=O) groups excluding carboxylic acids is 2. The van der Waals surface area contributed by atoms with E-state index >= 15 is 0 Å². The van der Waals surface area contributed by atoms with Gasteiger partial charge in [-0.05, 0) is 56.7 Å². The molecule has 2 atom stereocenters. The summed E-state index contributed by atoms with van der Waals surface area (Å²) in [6.07, 6.45) is 3.22. The van der Waals surface area contributed by atoms with E-state index in [1.165, 1.54) is 18.2 Å². The van der Waals surface area contributed by atoms with E-state index in [4.69, 9.17) is 4.74 Å². The standard InChI is InChI=1S/C21H26N2O3/c1-12-18(21(25)26-4)13(2)23-19(12)20(24)14(3)22-17-11-7-9-15-8-5-6-10-16(15)17/h5-6,8,10,14,17,22-23H,7,9,11H2,1-4H3/t14-,17+/m0/s1. The highest BCUT2D eigenvalue weighted by Crippen LogP contribution is 2.30. The van der Waals surface area contributed by atoms with E-state index in [1.54, 1.807) is 13.8 Å². The van der Waals surface area contributed by atoms with Gasteiger partial charge in [-0.3, -0.25) is 4.79 Å². The van der Waals surface area contributed by atoms with Crippen LogP contribution < -0.4 is 5.32 Å². The zero-order valence-corrected chi connectivity index (χ0v) is 15.8. The molecule has 0 saturated carbocycles. The monoisotopic (exact) mass is 354 g/mol. The van der Waals surface area contributed by atoms with Crippen LogP contribution in [0.25, 0.3) is 0 Å². The summed E-state index contributed by atoms with van der Waals surface area (Å²) >= 11 is 0. The molecule has 0 aliphatic heterocycles. The molecule has 1 heterocycles. The molecule has 0 saturated heterocycles. The molecule has 0 fully saturated rings. The van der Waals surface area contributed by atoms with Gasteiger partial charge in [0.05, 0.1) is 24.4 Å². The number of nitrogens with one attached hydrogen (secondary N) is 2. The Morgan fingerprint density at radius 3 is 2.73 bits per heavy atom. The predicted octanol–water partition coefficient (Wildman–Crippen LogP) is 3.66. The molecular weight excluding hydrogens is 328 g/mol. The zero-order valence-electron chi connectivity index (χ0n) is 15.8. The smallest absolute Gasteiger partial charge is 0.339 e. The number of H-pyrrole nitrogens is 1. The van der Waals surface area contributed by atoms with E-state index in [0.717, 1.165) is 19.3 Å². The van der Waals surface area contributed by atoms with E-state index in [1.807, 2.05) is 13.0 Å². The van der Waals surface area contributed by atoms with Crippen LogP contribution in [0.5, 0.6) is 0 Å². The average Bonchev–Trinajstić information content (AvgIpc) is 2.95. The quantitative estimate of drug-likeness (QED) is 0.635. The van der Waals surface area contributed by atoms with Gasteiger partial charge in [0.15, 0.2) is 5.78 Å². The van der Waals surface area contributed by atoms with Crippen molar-refractivity contribution in [2.45, 2.75) is 52.1 Å². The van der Waals surface area contributed by atoms with Gasteiger partial charge in [-0.2, -0.15) is 0 Å². The lowest BCUT2D eigenvalue weighted by Gasteiger charge is -2.28. The lowest BCUT2D eigenvalue weighted by Crippen LogP contribution is -2.38.